The molecule has 6 heteroatoms. The average Bonchev–Trinajstić information content (AvgIpc) is 3.22. The third kappa shape index (κ3) is 3.62. The standard InChI is InChI=1S/C24H21N3O2S/c1-16-26-19(14-30-16)12-25-24(28)18-6-4-7-20(11-18)27-13-22-21-8-3-2-5-17(21)9-10-23(22)29-15-27/h2-11,14H,12-13,15H2,1H3,(H,25,28). The van der Waals surface area contributed by atoms with E-state index in [4.69, 9.17) is 4.74 Å². The van der Waals surface area contributed by atoms with E-state index < -0.39 is 0 Å². The molecule has 0 fully saturated rings. The number of hydrogen-bond acceptors (Lipinski definition) is 5. The molecule has 0 aliphatic carbocycles. The van der Waals surface area contributed by atoms with Crippen molar-refractivity contribution >= 4 is 33.7 Å². The second-order valence-electron chi connectivity index (χ2n) is 7.33. The van der Waals surface area contributed by atoms with Crippen LogP contribution in [-0.2, 0) is 13.1 Å². The molecule has 4 aromatic rings. The van der Waals surface area contributed by atoms with Gasteiger partial charge in [-0.2, -0.15) is 0 Å². The monoisotopic (exact) mass is 415 g/mol. The largest absolute Gasteiger partial charge is 0.473 e. The Morgan fingerprint density at radius 1 is 1.17 bits per heavy atom. The summed E-state index contributed by atoms with van der Waals surface area (Å²) in [5.41, 5.74) is 3.65. The lowest BCUT2D eigenvalue weighted by Crippen LogP contribution is -2.32. The van der Waals surface area contributed by atoms with Gasteiger partial charge in [0.1, 0.15) is 5.75 Å². The Labute approximate surface area is 178 Å². The van der Waals surface area contributed by atoms with E-state index in [9.17, 15) is 4.79 Å². The molecule has 150 valence electrons. The number of aryl methyl sites for hydroxylation is 1. The van der Waals surface area contributed by atoms with E-state index >= 15 is 0 Å². The molecule has 0 radical (unpaired) electrons. The zero-order chi connectivity index (χ0) is 20.5. The Bertz CT molecular complexity index is 1230. The fourth-order valence-corrected chi connectivity index (χ4v) is 4.38. The van der Waals surface area contributed by atoms with Crippen LogP contribution in [0.4, 0.5) is 5.69 Å². The first-order valence-electron chi connectivity index (χ1n) is 9.85. The first-order chi connectivity index (χ1) is 14.7. The fourth-order valence-electron chi connectivity index (χ4n) is 3.77. The minimum Gasteiger partial charge on any atom is -0.473 e. The van der Waals surface area contributed by atoms with E-state index in [0.717, 1.165) is 28.7 Å². The Morgan fingerprint density at radius 2 is 2.07 bits per heavy atom. The number of fused-ring (bicyclic) bond motifs is 3. The van der Waals surface area contributed by atoms with E-state index in [-0.39, 0.29) is 5.91 Å². The molecule has 1 amide bonds. The molecule has 1 aliphatic heterocycles. The van der Waals surface area contributed by atoms with Gasteiger partial charge in [-0.3, -0.25) is 4.79 Å². The van der Waals surface area contributed by atoms with Gasteiger partial charge in [-0.1, -0.05) is 36.4 Å². The minimum atomic E-state index is -0.105. The molecule has 0 spiro atoms. The lowest BCUT2D eigenvalue weighted by atomic mass is 10.0. The molecule has 5 rings (SSSR count). The topological polar surface area (TPSA) is 54.5 Å². The van der Waals surface area contributed by atoms with Crippen LogP contribution in [0.15, 0.2) is 66.0 Å². The Balaban J connectivity index is 1.35. The normalized spacial score (nSPS) is 13.0. The zero-order valence-corrected chi connectivity index (χ0v) is 17.4. The first kappa shape index (κ1) is 18.6. The predicted octanol–water partition coefficient (Wildman–Crippen LogP) is 4.89. The van der Waals surface area contributed by atoms with Gasteiger partial charge in [-0.25, -0.2) is 4.98 Å². The molecule has 0 saturated heterocycles. The number of ether oxygens (including phenoxy) is 1. The van der Waals surface area contributed by atoms with E-state index in [2.05, 4.69) is 39.5 Å². The van der Waals surface area contributed by atoms with Gasteiger partial charge in [0.15, 0.2) is 6.73 Å². The summed E-state index contributed by atoms with van der Waals surface area (Å²) in [5.74, 6) is 0.823. The number of benzene rings is 3. The molecule has 0 bridgehead atoms. The number of carbonyl (C=O) groups is 1. The minimum absolute atomic E-state index is 0.105. The molecule has 1 aromatic heterocycles. The quantitative estimate of drug-likeness (QED) is 0.516. The molecule has 1 N–H and O–H groups in total. The first-order valence-corrected chi connectivity index (χ1v) is 10.7. The van der Waals surface area contributed by atoms with Crippen LogP contribution in [0.5, 0.6) is 5.75 Å². The second kappa shape index (κ2) is 7.80. The van der Waals surface area contributed by atoms with Gasteiger partial charge in [-0.05, 0) is 42.0 Å². The van der Waals surface area contributed by atoms with Crippen LogP contribution in [0.25, 0.3) is 10.8 Å². The van der Waals surface area contributed by atoms with Crippen molar-refractivity contribution in [2.45, 2.75) is 20.0 Å². The maximum absolute atomic E-state index is 12.6. The summed E-state index contributed by atoms with van der Waals surface area (Å²) >= 11 is 1.59. The molecule has 5 nitrogen and oxygen atoms in total. The summed E-state index contributed by atoms with van der Waals surface area (Å²) in [6.07, 6.45) is 0. The Kier molecular flexibility index (Phi) is 4.85. The van der Waals surface area contributed by atoms with Crippen LogP contribution >= 0.6 is 11.3 Å². The van der Waals surface area contributed by atoms with Crippen LogP contribution in [0.2, 0.25) is 0 Å². The Morgan fingerprint density at radius 3 is 2.93 bits per heavy atom. The molecule has 2 heterocycles. The van der Waals surface area contributed by atoms with Crippen molar-refractivity contribution in [2.24, 2.45) is 0 Å². The molecule has 3 aromatic carbocycles. The number of anilines is 1. The molecule has 1 aliphatic rings. The number of rotatable bonds is 4. The average molecular weight is 416 g/mol. The van der Waals surface area contributed by atoms with Crippen molar-refractivity contribution in [1.82, 2.24) is 10.3 Å². The van der Waals surface area contributed by atoms with Crippen LogP contribution in [0.1, 0.15) is 26.6 Å². The summed E-state index contributed by atoms with van der Waals surface area (Å²) in [7, 11) is 0. The third-order valence-electron chi connectivity index (χ3n) is 5.29. The number of nitrogens with zero attached hydrogens (tertiary/aromatic N) is 2. The summed E-state index contributed by atoms with van der Waals surface area (Å²) in [4.78, 5) is 19.2. The van der Waals surface area contributed by atoms with Crippen LogP contribution in [0, 0.1) is 6.92 Å². The Hall–Kier alpha value is -3.38. The van der Waals surface area contributed by atoms with Crippen LogP contribution in [-0.4, -0.2) is 17.6 Å². The third-order valence-corrected chi connectivity index (χ3v) is 6.11. The van der Waals surface area contributed by atoms with Crippen molar-refractivity contribution in [2.75, 3.05) is 11.6 Å². The molecule has 0 saturated carbocycles. The van der Waals surface area contributed by atoms with Gasteiger partial charge in [0.2, 0.25) is 0 Å². The maximum Gasteiger partial charge on any atom is 0.251 e. The van der Waals surface area contributed by atoms with Gasteiger partial charge < -0.3 is 15.0 Å². The summed E-state index contributed by atoms with van der Waals surface area (Å²) in [6, 6.07) is 20.2. The van der Waals surface area contributed by atoms with Gasteiger partial charge in [0.05, 0.1) is 23.8 Å². The van der Waals surface area contributed by atoms with E-state index in [0.29, 0.717) is 18.8 Å². The lowest BCUT2D eigenvalue weighted by molar-refractivity contribution is 0.0950. The summed E-state index contributed by atoms with van der Waals surface area (Å²) < 4.78 is 6.02. The summed E-state index contributed by atoms with van der Waals surface area (Å²) in [5, 5.41) is 8.33. The highest BCUT2D eigenvalue weighted by atomic mass is 32.1. The molecule has 30 heavy (non-hydrogen) atoms. The number of hydrogen-bond donors (Lipinski definition) is 1. The van der Waals surface area contributed by atoms with Crippen LogP contribution < -0.4 is 15.0 Å². The molecule has 0 unspecified atom stereocenters. The molecule has 0 atom stereocenters. The highest BCUT2D eigenvalue weighted by Crippen LogP contribution is 2.34. The second-order valence-corrected chi connectivity index (χ2v) is 8.39. The smallest absolute Gasteiger partial charge is 0.251 e. The number of amides is 1. The van der Waals surface area contributed by atoms with Gasteiger partial charge in [0, 0.05) is 22.2 Å². The molecular weight excluding hydrogens is 394 g/mol. The number of aromatic nitrogens is 1. The number of thiazole rings is 1. The van der Waals surface area contributed by atoms with E-state index in [1.54, 1.807) is 11.3 Å². The van der Waals surface area contributed by atoms with Crippen molar-refractivity contribution in [3.05, 3.63) is 87.9 Å². The highest BCUT2D eigenvalue weighted by molar-refractivity contribution is 7.09. The van der Waals surface area contributed by atoms with Crippen molar-refractivity contribution in [3.8, 4) is 5.75 Å². The summed E-state index contributed by atoms with van der Waals surface area (Å²) in [6.45, 7) is 3.58. The van der Waals surface area contributed by atoms with Gasteiger partial charge in [0.25, 0.3) is 5.91 Å². The van der Waals surface area contributed by atoms with Crippen molar-refractivity contribution in [1.29, 1.82) is 0 Å². The predicted molar refractivity (Wildman–Crippen MR) is 120 cm³/mol. The van der Waals surface area contributed by atoms with E-state index in [1.165, 1.54) is 16.3 Å². The van der Waals surface area contributed by atoms with E-state index in [1.807, 2.05) is 48.7 Å². The number of nitrogens with one attached hydrogen (secondary N) is 1. The van der Waals surface area contributed by atoms with Crippen molar-refractivity contribution in [3.63, 3.8) is 0 Å². The maximum atomic E-state index is 12.6. The SMILES string of the molecule is Cc1nc(CNC(=O)c2cccc(N3COc4ccc5ccccc5c4C3)c2)cs1. The molecular formula is C24H21N3O2S. The van der Waals surface area contributed by atoms with Crippen LogP contribution in [0.3, 0.4) is 0 Å². The highest BCUT2D eigenvalue weighted by Gasteiger charge is 2.20. The fraction of sp³-hybridized carbons (Fsp3) is 0.167. The lowest BCUT2D eigenvalue weighted by Gasteiger charge is -2.31. The zero-order valence-electron chi connectivity index (χ0n) is 16.6. The van der Waals surface area contributed by atoms with Gasteiger partial charge >= 0.3 is 0 Å². The van der Waals surface area contributed by atoms with Gasteiger partial charge in [-0.15, -0.1) is 11.3 Å². The van der Waals surface area contributed by atoms with Crippen molar-refractivity contribution < 1.29 is 9.53 Å². The number of carbonyl (C=O) groups excluding carboxylic acids is 1.